The number of anilines is 2. The number of hydrogen-bond donors (Lipinski definition) is 2. The summed E-state index contributed by atoms with van der Waals surface area (Å²) in [4.78, 5) is 21.0. The van der Waals surface area contributed by atoms with E-state index in [0.717, 1.165) is 22.4 Å². The van der Waals surface area contributed by atoms with Crippen molar-refractivity contribution >= 4 is 28.2 Å². The topological polar surface area (TPSA) is 80.0 Å². The molecular formula is C20H16N4O2. The fourth-order valence-electron chi connectivity index (χ4n) is 2.63. The zero-order valence-corrected chi connectivity index (χ0v) is 13.8. The maximum absolute atomic E-state index is 12.5. The van der Waals surface area contributed by atoms with E-state index in [-0.39, 0.29) is 5.91 Å². The average Bonchev–Trinajstić information content (AvgIpc) is 3.21. The third kappa shape index (κ3) is 3.39. The Labute approximate surface area is 149 Å². The molecule has 1 aromatic carbocycles. The summed E-state index contributed by atoms with van der Waals surface area (Å²) >= 11 is 0. The van der Waals surface area contributed by atoms with Gasteiger partial charge in [0.2, 0.25) is 0 Å². The number of carbonyl (C=O) groups excluding carboxylic acids is 1. The first-order valence-electron chi connectivity index (χ1n) is 8.17. The van der Waals surface area contributed by atoms with Crippen molar-refractivity contribution in [2.45, 2.75) is 6.54 Å². The van der Waals surface area contributed by atoms with E-state index in [1.165, 1.54) is 0 Å². The van der Waals surface area contributed by atoms with E-state index in [0.29, 0.717) is 17.9 Å². The molecule has 1 amide bonds. The molecule has 0 aliphatic heterocycles. The SMILES string of the molecule is O=C(Nc1cccc2cccnc12)c1ccc(NCc2ccco2)cn1. The van der Waals surface area contributed by atoms with Gasteiger partial charge < -0.3 is 15.1 Å². The molecule has 6 heteroatoms. The number of nitrogens with one attached hydrogen (secondary N) is 2. The van der Waals surface area contributed by atoms with Gasteiger partial charge in [-0.05, 0) is 36.4 Å². The first kappa shape index (κ1) is 15.8. The minimum Gasteiger partial charge on any atom is -0.467 e. The van der Waals surface area contributed by atoms with Gasteiger partial charge in [0.1, 0.15) is 11.5 Å². The van der Waals surface area contributed by atoms with Gasteiger partial charge in [-0.1, -0.05) is 18.2 Å². The minimum atomic E-state index is -0.277. The molecule has 26 heavy (non-hydrogen) atoms. The predicted molar refractivity (Wildman–Crippen MR) is 100.0 cm³/mol. The zero-order chi connectivity index (χ0) is 17.8. The molecule has 0 atom stereocenters. The Balaban J connectivity index is 1.46. The Morgan fingerprint density at radius 3 is 2.73 bits per heavy atom. The van der Waals surface area contributed by atoms with Crippen LogP contribution in [0.4, 0.5) is 11.4 Å². The standard InChI is InChI=1S/C20H16N4O2/c25-20(24-17-7-1-4-14-5-2-10-21-19(14)17)18-9-8-15(12-23-18)22-13-16-6-3-11-26-16/h1-12,22H,13H2,(H,24,25). The molecule has 0 spiro atoms. The number of pyridine rings is 2. The first-order valence-corrected chi connectivity index (χ1v) is 8.17. The molecule has 0 radical (unpaired) electrons. The van der Waals surface area contributed by atoms with Crippen LogP contribution in [0.5, 0.6) is 0 Å². The summed E-state index contributed by atoms with van der Waals surface area (Å²) in [6.07, 6.45) is 4.96. The van der Waals surface area contributed by atoms with Gasteiger partial charge in [-0.25, -0.2) is 4.98 Å². The van der Waals surface area contributed by atoms with Crippen LogP contribution in [0.25, 0.3) is 10.9 Å². The molecule has 128 valence electrons. The van der Waals surface area contributed by atoms with E-state index < -0.39 is 0 Å². The number of nitrogens with zero attached hydrogens (tertiary/aromatic N) is 2. The molecule has 0 unspecified atom stereocenters. The van der Waals surface area contributed by atoms with Crippen LogP contribution in [-0.2, 0) is 6.54 Å². The molecule has 3 aromatic heterocycles. The summed E-state index contributed by atoms with van der Waals surface area (Å²) in [5.41, 5.74) is 2.56. The number of rotatable bonds is 5. The molecule has 0 bridgehead atoms. The summed E-state index contributed by atoms with van der Waals surface area (Å²) < 4.78 is 5.27. The minimum absolute atomic E-state index is 0.277. The lowest BCUT2D eigenvalue weighted by Crippen LogP contribution is -2.14. The Bertz CT molecular complexity index is 1020. The van der Waals surface area contributed by atoms with Gasteiger partial charge in [0.15, 0.2) is 0 Å². The molecule has 3 heterocycles. The van der Waals surface area contributed by atoms with Crippen molar-refractivity contribution in [1.29, 1.82) is 0 Å². The van der Waals surface area contributed by atoms with Crippen molar-refractivity contribution in [3.63, 3.8) is 0 Å². The van der Waals surface area contributed by atoms with E-state index >= 15 is 0 Å². The van der Waals surface area contributed by atoms with Crippen LogP contribution in [0.2, 0.25) is 0 Å². The second kappa shape index (κ2) is 7.06. The quantitative estimate of drug-likeness (QED) is 0.570. The van der Waals surface area contributed by atoms with Gasteiger partial charge in [-0.3, -0.25) is 9.78 Å². The molecule has 0 saturated heterocycles. The Morgan fingerprint density at radius 1 is 1.00 bits per heavy atom. The number of carbonyl (C=O) groups is 1. The van der Waals surface area contributed by atoms with Crippen LogP contribution in [0.15, 0.2) is 77.7 Å². The lowest BCUT2D eigenvalue weighted by Gasteiger charge is -2.08. The number of furan rings is 1. The van der Waals surface area contributed by atoms with Crippen LogP contribution in [0.1, 0.15) is 16.2 Å². The third-order valence-corrected chi connectivity index (χ3v) is 3.92. The van der Waals surface area contributed by atoms with Crippen LogP contribution in [0.3, 0.4) is 0 Å². The zero-order valence-electron chi connectivity index (χ0n) is 13.8. The van der Waals surface area contributed by atoms with Gasteiger partial charge >= 0.3 is 0 Å². The Morgan fingerprint density at radius 2 is 1.92 bits per heavy atom. The van der Waals surface area contributed by atoms with Gasteiger partial charge in [0.25, 0.3) is 5.91 Å². The molecule has 0 aliphatic rings. The van der Waals surface area contributed by atoms with Gasteiger partial charge in [-0.2, -0.15) is 0 Å². The van der Waals surface area contributed by atoms with Crippen molar-refractivity contribution in [3.8, 4) is 0 Å². The largest absolute Gasteiger partial charge is 0.467 e. The van der Waals surface area contributed by atoms with E-state index in [1.807, 2.05) is 48.5 Å². The highest BCUT2D eigenvalue weighted by molar-refractivity contribution is 6.07. The van der Waals surface area contributed by atoms with Crippen molar-refractivity contribution in [2.75, 3.05) is 10.6 Å². The predicted octanol–water partition coefficient (Wildman–Crippen LogP) is 4.09. The summed E-state index contributed by atoms with van der Waals surface area (Å²) in [5, 5.41) is 7.03. The summed E-state index contributed by atoms with van der Waals surface area (Å²) in [6, 6.07) is 16.7. The lowest BCUT2D eigenvalue weighted by atomic mass is 10.2. The maximum atomic E-state index is 12.5. The van der Waals surface area contributed by atoms with Gasteiger partial charge in [0.05, 0.1) is 35.9 Å². The summed E-state index contributed by atoms with van der Waals surface area (Å²) in [6.45, 7) is 0.557. The van der Waals surface area contributed by atoms with Crippen LogP contribution in [0, 0.1) is 0 Å². The Hall–Kier alpha value is -3.67. The Kier molecular flexibility index (Phi) is 4.30. The van der Waals surface area contributed by atoms with Crippen molar-refractivity contribution < 1.29 is 9.21 Å². The van der Waals surface area contributed by atoms with Crippen LogP contribution >= 0.6 is 0 Å². The summed E-state index contributed by atoms with van der Waals surface area (Å²) in [7, 11) is 0. The van der Waals surface area contributed by atoms with Gasteiger partial charge in [0, 0.05) is 11.6 Å². The lowest BCUT2D eigenvalue weighted by molar-refractivity contribution is 0.102. The number of hydrogen-bond acceptors (Lipinski definition) is 5. The molecular weight excluding hydrogens is 328 g/mol. The molecule has 4 aromatic rings. The second-order valence-electron chi connectivity index (χ2n) is 5.70. The van der Waals surface area contributed by atoms with E-state index in [2.05, 4.69) is 20.6 Å². The van der Waals surface area contributed by atoms with Crippen LogP contribution < -0.4 is 10.6 Å². The fourth-order valence-corrected chi connectivity index (χ4v) is 2.63. The van der Waals surface area contributed by atoms with Gasteiger partial charge in [-0.15, -0.1) is 0 Å². The fraction of sp³-hybridized carbons (Fsp3) is 0.0500. The highest BCUT2D eigenvalue weighted by Gasteiger charge is 2.10. The normalized spacial score (nSPS) is 10.6. The monoisotopic (exact) mass is 344 g/mol. The smallest absolute Gasteiger partial charge is 0.274 e. The van der Waals surface area contributed by atoms with E-state index in [9.17, 15) is 4.79 Å². The molecule has 0 saturated carbocycles. The number of aromatic nitrogens is 2. The number of fused-ring (bicyclic) bond motifs is 1. The average molecular weight is 344 g/mol. The van der Waals surface area contributed by atoms with Crippen LogP contribution in [-0.4, -0.2) is 15.9 Å². The molecule has 2 N–H and O–H groups in total. The highest BCUT2D eigenvalue weighted by Crippen LogP contribution is 2.21. The highest BCUT2D eigenvalue weighted by atomic mass is 16.3. The van der Waals surface area contributed by atoms with E-state index in [1.54, 1.807) is 24.7 Å². The molecule has 0 aliphatic carbocycles. The number of para-hydroxylation sites is 1. The summed E-state index contributed by atoms with van der Waals surface area (Å²) in [5.74, 6) is 0.552. The molecule has 0 fully saturated rings. The van der Waals surface area contributed by atoms with Crippen molar-refractivity contribution in [3.05, 3.63) is 84.7 Å². The number of benzene rings is 1. The molecule has 6 nitrogen and oxygen atoms in total. The first-order chi connectivity index (χ1) is 12.8. The second-order valence-corrected chi connectivity index (χ2v) is 5.70. The third-order valence-electron chi connectivity index (χ3n) is 3.92. The van der Waals surface area contributed by atoms with Crippen molar-refractivity contribution in [1.82, 2.24) is 9.97 Å². The van der Waals surface area contributed by atoms with E-state index in [4.69, 9.17) is 4.42 Å². The molecule has 4 rings (SSSR count). The number of amides is 1. The van der Waals surface area contributed by atoms with Crippen molar-refractivity contribution in [2.24, 2.45) is 0 Å². The maximum Gasteiger partial charge on any atom is 0.274 e.